The van der Waals surface area contributed by atoms with Crippen LogP contribution >= 0.6 is 27.3 Å². The van der Waals surface area contributed by atoms with Gasteiger partial charge in [-0.3, -0.25) is 4.68 Å². The van der Waals surface area contributed by atoms with Gasteiger partial charge in [-0.15, -0.1) is 16.4 Å². The van der Waals surface area contributed by atoms with E-state index in [1.54, 1.807) is 11.3 Å². The first-order valence-corrected chi connectivity index (χ1v) is 7.22. The highest BCUT2D eigenvalue weighted by atomic mass is 79.9. The Morgan fingerprint density at radius 2 is 2.41 bits per heavy atom. The number of rotatable bonds is 5. The Hall–Kier alpha value is -0.720. The maximum atomic E-state index is 4.00. The molecule has 1 atom stereocenters. The van der Waals surface area contributed by atoms with Crippen LogP contribution in [-0.4, -0.2) is 21.5 Å². The van der Waals surface area contributed by atoms with Crippen molar-refractivity contribution in [1.29, 1.82) is 0 Å². The summed E-state index contributed by atoms with van der Waals surface area (Å²) in [6.45, 7) is 3.13. The Morgan fingerprint density at radius 3 is 2.94 bits per heavy atom. The maximum absolute atomic E-state index is 4.00. The number of aromatic nitrogens is 3. The van der Waals surface area contributed by atoms with Crippen molar-refractivity contribution in [2.75, 3.05) is 6.54 Å². The zero-order chi connectivity index (χ0) is 12.3. The zero-order valence-corrected chi connectivity index (χ0v) is 12.3. The molecule has 0 spiro atoms. The molecule has 0 saturated heterocycles. The third kappa shape index (κ3) is 2.75. The van der Waals surface area contributed by atoms with Crippen LogP contribution in [0.15, 0.2) is 22.1 Å². The van der Waals surface area contributed by atoms with E-state index in [-0.39, 0.29) is 6.04 Å². The van der Waals surface area contributed by atoms with E-state index in [1.807, 2.05) is 17.9 Å². The van der Waals surface area contributed by atoms with Crippen molar-refractivity contribution in [1.82, 2.24) is 20.3 Å². The fourth-order valence-electron chi connectivity index (χ4n) is 1.69. The van der Waals surface area contributed by atoms with Gasteiger partial charge in [-0.1, -0.05) is 12.1 Å². The van der Waals surface area contributed by atoms with Crippen LogP contribution in [0.5, 0.6) is 0 Å². The van der Waals surface area contributed by atoms with Crippen molar-refractivity contribution in [3.63, 3.8) is 0 Å². The van der Waals surface area contributed by atoms with Crippen LogP contribution < -0.4 is 5.32 Å². The van der Waals surface area contributed by atoms with Crippen molar-refractivity contribution in [2.45, 2.75) is 19.4 Å². The Balaban J connectivity index is 2.32. The molecular formula is C11H15BrN4S. The minimum absolute atomic E-state index is 0.157. The molecule has 0 aliphatic rings. The fourth-order valence-corrected chi connectivity index (χ4v) is 3.38. The van der Waals surface area contributed by atoms with Gasteiger partial charge in [0.25, 0.3) is 0 Å². The summed E-state index contributed by atoms with van der Waals surface area (Å²) in [6.07, 6.45) is 2.92. The van der Waals surface area contributed by atoms with E-state index in [1.165, 1.54) is 4.88 Å². The molecule has 2 aromatic heterocycles. The van der Waals surface area contributed by atoms with E-state index in [4.69, 9.17) is 0 Å². The minimum Gasteiger partial charge on any atom is -0.304 e. The monoisotopic (exact) mass is 314 g/mol. The van der Waals surface area contributed by atoms with Crippen LogP contribution in [0.1, 0.15) is 30.0 Å². The van der Waals surface area contributed by atoms with E-state index in [0.29, 0.717) is 0 Å². The van der Waals surface area contributed by atoms with E-state index in [2.05, 4.69) is 49.9 Å². The lowest BCUT2D eigenvalue weighted by molar-refractivity contribution is 0.555. The summed E-state index contributed by atoms with van der Waals surface area (Å²) in [7, 11) is 1.92. The van der Waals surface area contributed by atoms with Gasteiger partial charge in [0.05, 0.1) is 17.9 Å². The van der Waals surface area contributed by atoms with Gasteiger partial charge in [-0.25, -0.2) is 0 Å². The highest BCUT2D eigenvalue weighted by Gasteiger charge is 2.20. The molecule has 1 N–H and O–H groups in total. The van der Waals surface area contributed by atoms with Crippen molar-refractivity contribution in [3.05, 3.63) is 32.7 Å². The van der Waals surface area contributed by atoms with E-state index in [9.17, 15) is 0 Å². The topological polar surface area (TPSA) is 42.7 Å². The summed E-state index contributed by atoms with van der Waals surface area (Å²) in [5, 5.41) is 13.6. The summed E-state index contributed by atoms with van der Waals surface area (Å²) in [4.78, 5) is 1.27. The predicted octanol–water partition coefficient (Wildman–Crippen LogP) is 2.73. The van der Waals surface area contributed by atoms with Gasteiger partial charge in [0.15, 0.2) is 0 Å². The second-order valence-corrected chi connectivity index (χ2v) is 5.60. The molecule has 0 radical (unpaired) electrons. The number of nitrogens with one attached hydrogen (secondary N) is 1. The SMILES string of the molecule is CCCNC(c1sccc1Br)c1cnnn1C. The lowest BCUT2D eigenvalue weighted by Crippen LogP contribution is -2.24. The molecule has 0 aliphatic heterocycles. The molecule has 0 fully saturated rings. The lowest BCUT2D eigenvalue weighted by atomic mass is 10.1. The molecule has 0 aliphatic carbocycles. The summed E-state index contributed by atoms with van der Waals surface area (Å²) in [5.74, 6) is 0. The Kier molecular flexibility index (Phi) is 4.31. The summed E-state index contributed by atoms with van der Waals surface area (Å²) < 4.78 is 2.96. The normalized spacial score (nSPS) is 12.9. The van der Waals surface area contributed by atoms with Crippen LogP contribution in [0.2, 0.25) is 0 Å². The van der Waals surface area contributed by atoms with Crippen LogP contribution in [-0.2, 0) is 7.05 Å². The zero-order valence-electron chi connectivity index (χ0n) is 9.85. The number of aryl methyl sites for hydroxylation is 1. The number of thiophene rings is 1. The van der Waals surface area contributed by atoms with Crippen molar-refractivity contribution < 1.29 is 0 Å². The van der Waals surface area contributed by atoms with Gasteiger partial charge in [0, 0.05) is 16.4 Å². The molecule has 0 amide bonds. The largest absolute Gasteiger partial charge is 0.304 e. The highest BCUT2D eigenvalue weighted by molar-refractivity contribution is 9.10. The molecule has 6 heteroatoms. The van der Waals surface area contributed by atoms with Gasteiger partial charge in [-0.05, 0) is 40.3 Å². The first-order valence-electron chi connectivity index (χ1n) is 5.55. The van der Waals surface area contributed by atoms with Gasteiger partial charge in [0.2, 0.25) is 0 Å². The van der Waals surface area contributed by atoms with Crippen molar-refractivity contribution in [3.8, 4) is 0 Å². The summed E-state index contributed by atoms with van der Waals surface area (Å²) >= 11 is 5.33. The second-order valence-electron chi connectivity index (χ2n) is 3.80. The molecule has 2 heterocycles. The molecule has 0 aromatic carbocycles. The van der Waals surface area contributed by atoms with Gasteiger partial charge >= 0.3 is 0 Å². The Bertz CT molecular complexity index is 439. The van der Waals surface area contributed by atoms with Crippen molar-refractivity contribution in [2.24, 2.45) is 7.05 Å². The van der Waals surface area contributed by atoms with E-state index >= 15 is 0 Å². The molecule has 0 saturated carbocycles. The molecule has 0 bridgehead atoms. The van der Waals surface area contributed by atoms with Crippen molar-refractivity contribution >= 4 is 27.3 Å². The van der Waals surface area contributed by atoms with Crippen LogP contribution in [0.25, 0.3) is 0 Å². The first kappa shape index (κ1) is 12.7. The minimum atomic E-state index is 0.157. The average molecular weight is 315 g/mol. The van der Waals surface area contributed by atoms with Crippen LogP contribution in [0.4, 0.5) is 0 Å². The number of nitrogens with zero attached hydrogens (tertiary/aromatic N) is 3. The van der Waals surface area contributed by atoms with Crippen LogP contribution in [0, 0.1) is 0 Å². The highest BCUT2D eigenvalue weighted by Crippen LogP contribution is 2.32. The van der Waals surface area contributed by atoms with Gasteiger partial charge < -0.3 is 5.32 Å². The molecule has 2 rings (SSSR count). The molecule has 2 aromatic rings. The molecule has 4 nitrogen and oxygen atoms in total. The van der Waals surface area contributed by atoms with Gasteiger partial charge in [-0.2, -0.15) is 0 Å². The second kappa shape index (κ2) is 5.75. The third-order valence-electron chi connectivity index (χ3n) is 2.55. The van der Waals surface area contributed by atoms with Crippen LogP contribution in [0.3, 0.4) is 0 Å². The molecule has 1 unspecified atom stereocenters. The summed E-state index contributed by atoms with van der Waals surface area (Å²) in [6, 6.07) is 2.23. The van der Waals surface area contributed by atoms with Gasteiger partial charge in [0.1, 0.15) is 0 Å². The molecule has 92 valence electrons. The Morgan fingerprint density at radius 1 is 1.59 bits per heavy atom. The number of halogens is 1. The van der Waals surface area contributed by atoms with E-state index in [0.717, 1.165) is 23.1 Å². The molecule has 17 heavy (non-hydrogen) atoms. The third-order valence-corrected chi connectivity index (χ3v) is 4.49. The smallest absolute Gasteiger partial charge is 0.0869 e. The lowest BCUT2D eigenvalue weighted by Gasteiger charge is -2.17. The predicted molar refractivity (Wildman–Crippen MR) is 73.2 cm³/mol. The fraction of sp³-hybridized carbons (Fsp3) is 0.455. The quantitative estimate of drug-likeness (QED) is 0.922. The average Bonchev–Trinajstić information content (AvgIpc) is 2.90. The Labute approximate surface area is 113 Å². The maximum Gasteiger partial charge on any atom is 0.0869 e. The standard InChI is InChI=1S/C11H15BrN4S/c1-3-5-13-10(9-7-14-15-16(9)2)11-8(12)4-6-17-11/h4,6-7,10,13H,3,5H2,1-2H3. The number of hydrogen-bond donors (Lipinski definition) is 1. The first-order chi connectivity index (χ1) is 8.24. The molecular weight excluding hydrogens is 300 g/mol. The van der Waals surface area contributed by atoms with E-state index < -0.39 is 0 Å². The number of hydrogen-bond acceptors (Lipinski definition) is 4. The summed E-state index contributed by atoms with van der Waals surface area (Å²) in [5.41, 5.74) is 1.08.